The zero-order valence-electron chi connectivity index (χ0n) is 14.5. The number of benzene rings is 2. The van der Waals surface area contributed by atoms with Crippen LogP contribution in [0.1, 0.15) is 22.7 Å². The Morgan fingerprint density at radius 2 is 1.54 bits per heavy atom. The Bertz CT molecular complexity index is 730. The van der Waals surface area contributed by atoms with Gasteiger partial charge in [0.2, 0.25) is 0 Å². The Morgan fingerprint density at radius 3 is 2.21 bits per heavy atom. The zero-order valence-corrected chi connectivity index (χ0v) is 14.5. The van der Waals surface area contributed by atoms with Gasteiger partial charge in [-0.1, -0.05) is 12.1 Å². The highest BCUT2D eigenvalue weighted by atomic mass is 16.5. The van der Waals surface area contributed by atoms with E-state index in [1.54, 1.807) is 28.4 Å². The molecule has 1 heterocycles. The smallest absolute Gasteiger partial charge is 0.165 e. The summed E-state index contributed by atoms with van der Waals surface area (Å²) in [7, 11) is 6.64. The van der Waals surface area contributed by atoms with Crippen molar-refractivity contribution < 1.29 is 18.9 Å². The lowest BCUT2D eigenvalue weighted by Gasteiger charge is -2.28. The minimum Gasteiger partial charge on any atom is -0.493 e. The van der Waals surface area contributed by atoms with Crippen LogP contribution >= 0.6 is 0 Å². The maximum absolute atomic E-state index is 5.54. The molecule has 0 unspecified atom stereocenters. The third-order valence-electron chi connectivity index (χ3n) is 4.50. The summed E-state index contributed by atoms with van der Waals surface area (Å²) in [5.74, 6) is 3.06. The zero-order chi connectivity index (χ0) is 17.1. The third kappa shape index (κ3) is 2.87. The molecule has 24 heavy (non-hydrogen) atoms. The molecule has 1 atom stereocenters. The van der Waals surface area contributed by atoms with Gasteiger partial charge >= 0.3 is 0 Å². The highest BCUT2D eigenvalue weighted by Crippen LogP contribution is 2.39. The van der Waals surface area contributed by atoms with E-state index in [4.69, 9.17) is 18.9 Å². The fourth-order valence-corrected chi connectivity index (χ4v) is 3.24. The van der Waals surface area contributed by atoms with E-state index in [0.717, 1.165) is 41.5 Å². The molecule has 0 fully saturated rings. The van der Waals surface area contributed by atoms with E-state index in [9.17, 15) is 0 Å². The average molecular weight is 329 g/mol. The van der Waals surface area contributed by atoms with E-state index in [1.807, 2.05) is 18.2 Å². The van der Waals surface area contributed by atoms with Gasteiger partial charge in [0.15, 0.2) is 23.0 Å². The highest BCUT2D eigenvalue weighted by Gasteiger charge is 2.24. The molecule has 3 rings (SSSR count). The summed E-state index contributed by atoms with van der Waals surface area (Å²) >= 11 is 0. The van der Waals surface area contributed by atoms with E-state index in [-0.39, 0.29) is 6.04 Å². The average Bonchev–Trinajstić information content (AvgIpc) is 2.65. The van der Waals surface area contributed by atoms with Crippen LogP contribution in [0.5, 0.6) is 23.0 Å². The first-order valence-corrected chi connectivity index (χ1v) is 7.89. The summed E-state index contributed by atoms with van der Waals surface area (Å²) < 4.78 is 21.7. The first-order chi connectivity index (χ1) is 11.7. The van der Waals surface area contributed by atoms with E-state index in [0.29, 0.717) is 0 Å². The first-order valence-electron chi connectivity index (χ1n) is 7.89. The lowest BCUT2D eigenvalue weighted by molar-refractivity contribution is 0.345. The predicted molar refractivity (Wildman–Crippen MR) is 92.4 cm³/mol. The third-order valence-corrected chi connectivity index (χ3v) is 4.50. The van der Waals surface area contributed by atoms with Gasteiger partial charge in [0.25, 0.3) is 0 Å². The molecule has 5 nitrogen and oxygen atoms in total. The molecule has 0 saturated heterocycles. The van der Waals surface area contributed by atoms with Crippen LogP contribution in [0.2, 0.25) is 0 Å². The van der Waals surface area contributed by atoms with Gasteiger partial charge in [-0.25, -0.2) is 0 Å². The number of nitrogens with one attached hydrogen (secondary N) is 1. The maximum atomic E-state index is 5.54. The van der Waals surface area contributed by atoms with Crippen molar-refractivity contribution in [3.05, 3.63) is 47.0 Å². The molecule has 0 aliphatic carbocycles. The molecular formula is C19H23NO4. The van der Waals surface area contributed by atoms with Crippen LogP contribution in [0.4, 0.5) is 0 Å². The normalized spacial score (nSPS) is 16.2. The van der Waals surface area contributed by atoms with Gasteiger partial charge in [0.05, 0.1) is 28.4 Å². The molecule has 128 valence electrons. The standard InChI is InChI=1S/C19H23NO4/c1-21-16-7-6-13(10-18(16)23-3)15-9-12-5-8-17(22-2)19(24-4)14(12)11-20-15/h5-8,10,15,20H,9,11H2,1-4H3/t15-/m0/s1. The number of hydrogen-bond acceptors (Lipinski definition) is 5. The summed E-state index contributed by atoms with van der Waals surface area (Å²) in [5.41, 5.74) is 3.60. The van der Waals surface area contributed by atoms with Crippen molar-refractivity contribution >= 4 is 0 Å². The van der Waals surface area contributed by atoms with Crippen LogP contribution in [0.25, 0.3) is 0 Å². The van der Waals surface area contributed by atoms with Crippen molar-refractivity contribution in [3.63, 3.8) is 0 Å². The second-order valence-electron chi connectivity index (χ2n) is 5.69. The SMILES string of the molecule is COc1ccc([C@@H]2Cc3ccc(OC)c(OC)c3CN2)cc1OC. The van der Waals surface area contributed by atoms with Crippen LogP contribution in [-0.4, -0.2) is 28.4 Å². The van der Waals surface area contributed by atoms with Crippen molar-refractivity contribution in [2.45, 2.75) is 19.0 Å². The number of hydrogen-bond donors (Lipinski definition) is 1. The van der Waals surface area contributed by atoms with E-state index in [2.05, 4.69) is 17.4 Å². The van der Waals surface area contributed by atoms with Gasteiger partial charge in [-0.05, 0) is 35.7 Å². The fraction of sp³-hybridized carbons (Fsp3) is 0.368. The lowest BCUT2D eigenvalue weighted by Crippen LogP contribution is -2.29. The van der Waals surface area contributed by atoms with E-state index >= 15 is 0 Å². The molecule has 2 aromatic carbocycles. The van der Waals surface area contributed by atoms with E-state index < -0.39 is 0 Å². The van der Waals surface area contributed by atoms with Gasteiger partial charge in [0.1, 0.15) is 0 Å². The molecule has 1 aliphatic heterocycles. The topological polar surface area (TPSA) is 49.0 Å². The van der Waals surface area contributed by atoms with Crippen molar-refractivity contribution in [2.75, 3.05) is 28.4 Å². The van der Waals surface area contributed by atoms with Crippen LogP contribution in [0.15, 0.2) is 30.3 Å². The fourth-order valence-electron chi connectivity index (χ4n) is 3.24. The molecule has 0 aromatic heterocycles. The Labute approximate surface area is 142 Å². The van der Waals surface area contributed by atoms with Crippen molar-refractivity contribution in [1.82, 2.24) is 5.32 Å². The van der Waals surface area contributed by atoms with Gasteiger partial charge < -0.3 is 24.3 Å². The maximum Gasteiger partial charge on any atom is 0.165 e. The summed E-state index contributed by atoms with van der Waals surface area (Å²) in [4.78, 5) is 0. The minimum atomic E-state index is 0.218. The molecule has 0 radical (unpaired) electrons. The predicted octanol–water partition coefficient (Wildman–Crippen LogP) is 3.11. The second-order valence-corrected chi connectivity index (χ2v) is 5.69. The lowest BCUT2D eigenvalue weighted by atomic mass is 9.91. The number of rotatable bonds is 5. The van der Waals surface area contributed by atoms with Gasteiger partial charge in [-0.3, -0.25) is 0 Å². The number of fused-ring (bicyclic) bond motifs is 1. The van der Waals surface area contributed by atoms with Crippen molar-refractivity contribution in [1.29, 1.82) is 0 Å². The molecule has 1 N–H and O–H groups in total. The van der Waals surface area contributed by atoms with Crippen molar-refractivity contribution in [3.8, 4) is 23.0 Å². The molecular weight excluding hydrogens is 306 g/mol. The summed E-state index contributed by atoms with van der Waals surface area (Å²) in [6.45, 7) is 0.731. The van der Waals surface area contributed by atoms with Crippen LogP contribution < -0.4 is 24.3 Å². The van der Waals surface area contributed by atoms with Crippen LogP contribution in [0, 0.1) is 0 Å². The molecule has 0 saturated carbocycles. The Balaban J connectivity index is 1.90. The summed E-state index contributed by atoms with van der Waals surface area (Å²) in [5, 5.41) is 3.57. The molecule has 0 amide bonds. The van der Waals surface area contributed by atoms with Gasteiger partial charge in [0, 0.05) is 18.2 Å². The molecule has 5 heteroatoms. The summed E-state index contributed by atoms with van der Waals surface area (Å²) in [6.07, 6.45) is 0.880. The Hall–Kier alpha value is -2.40. The Kier molecular flexibility index (Phi) is 4.81. The van der Waals surface area contributed by atoms with Gasteiger partial charge in [-0.2, -0.15) is 0 Å². The molecule has 2 aromatic rings. The van der Waals surface area contributed by atoms with Crippen LogP contribution in [-0.2, 0) is 13.0 Å². The van der Waals surface area contributed by atoms with Crippen molar-refractivity contribution in [2.24, 2.45) is 0 Å². The van der Waals surface area contributed by atoms with Crippen LogP contribution in [0.3, 0.4) is 0 Å². The number of ether oxygens (including phenoxy) is 4. The monoisotopic (exact) mass is 329 g/mol. The Morgan fingerprint density at radius 1 is 0.833 bits per heavy atom. The highest BCUT2D eigenvalue weighted by molar-refractivity contribution is 5.52. The molecule has 1 aliphatic rings. The number of methoxy groups -OCH3 is 4. The second kappa shape index (κ2) is 7.01. The van der Waals surface area contributed by atoms with Gasteiger partial charge in [-0.15, -0.1) is 0 Å². The molecule has 0 bridgehead atoms. The first kappa shape index (κ1) is 16.5. The summed E-state index contributed by atoms with van der Waals surface area (Å²) in [6, 6.07) is 10.3. The minimum absolute atomic E-state index is 0.218. The largest absolute Gasteiger partial charge is 0.493 e. The molecule has 0 spiro atoms. The quantitative estimate of drug-likeness (QED) is 0.913. The van der Waals surface area contributed by atoms with E-state index in [1.165, 1.54) is 11.1 Å².